The molecule has 0 radical (unpaired) electrons. The van der Waals surface area contributed by atoms with Gasteiger partial charge in [0, 0.05) is 0 Å². The van der Waals surface area contributed by atoms with Gasteiger partial charge in [0.1, 0.15) is 0 Å². The highest BCUT2D eigenvalue weighted by atomic mass is 31.1. The quantitative estimate of drug-likeness (QED) is 0.588. The minimum Gasteiger partial charge on any atom is -0.0622 e. The van der Waals surface area contributed by atoms with Crippen LogP contribution in [-0.2, 0) is 0 Å². The molecule has 22 heavy (non-hydrogen) atoms. The average molecular weight is 302 g/mol. The molecule has 0 unspecified atom stereocenters. The van der Waals surface area contributed by atoms with Gasteiger partial charge in [-0.15, -0.1) is 0 Å². The second kappa shape index (κ2) is 7.20. The first-order valence-electron chi connectivity index (χ1n) is 7.47. The van der Waals surface area contributed by atoms with E-state index in [1.807, 2.05) is 0 Å². The third-order valence-electron chi connectivity index (χ3n) is 3.56. The van der Waals surface area contributed by atoms with Crippen molar-refractivity contribution in [2.45, 2.75) is 6.92 Å². The van der Waals surface area contributed by atoms with Gasteiger partial charge in [-0.3, -0.25) is 0 Å². The van der Waals surface area contributed by atoms with Gasteiger partial charge < -0.3 is 0 Å². The van der Waals surface area contributed by atoms with Crippen LogP contribution in [0, 0.1) is 6.92 Å². The highest BCUT2D eigenvalue weighted by Gasteiger charge is 2.09. The molecule has 0 heterocycles. The lowest BCUT2D eigenvalue weighted by Crippen LogP contribution is -2.09. The van der Waals surface area contributed by atoms with Crippen LogP contribution in [0.4, 0.5) is 0 Å². The predicted molar refractivity (Wildman–Crippen MR) is 99.3 cm³/mol. The first kappa shape index (κ1) is 14.8. The summed E-state index contributed by atoms with van der Waals surface area (Å²) in [6.07, 6.45) is 2.24. The van der Waals surface area contributed by atoms with E-state index in [1.54, 1.807) is 0 Å². The van der Waals surface area contributed by atoms with Crippen LogP contribution in [0.15, 0.2) is 90.7 Å². The van der Waals surface area contributed by atoms with Crippen molar-refractivity contribution in [2.24, 2.45) is 0 Å². The predicted octanol–water partition coefficient (Wildman–Crippen LogP) is 5.10. The Morgan fingerprint density at radius 2 is 1.14 bits per heavy atom. The highest BCUT2D eigenvalue weighted by molar-refractivity contribution is 7.75. The fourth-order valence-corrected chi connectivity index (χ4v) is 4.29. The Kier molecular flexibility index (Phi) is 4.83. The zero-order chi connectivity index (χ0) is 15.2. The van der Waals surface area contributed by atoms with Gasteiger partial charge in [-0.1, -0.05) is 102 Å². The zero-order valence-corrected chi connectivity index (χ0v) is 13.6. The summed E-state index contributed by atoms with van der Waals surface area (Å²) in [5.74, 6) is 2.35. The molecule has 0 saturated carbocycles. The molecule has 0 bridgehead atoms. The molecule has 0 spiro atoms. The van der Waals surface area contributed by atoms with Gasteiger partial charge >= 0.3 is 0 Å². The molecule has 0 aliphatic rings. The summed E-state index contributed by atoms with van der Waals surface area (Å²) in [5.41, 5.74) is 2.55. The van der Waals surface area contributed by atoms with E-state index in [2.05, 4.69) is 104 Å². The van der Waals surface area contributed by atoms with Crippen molar-refractivity contribution < 1.29 is 0 Å². The summed E-state index contributed by atoms with van der Waals surface area (Å²) in [5, 5.41) is 2.76. The Bertz CT molecular complexity index is 688. The Hall–Kier alpha value is -2.17. The molecule has 0 aromatic heterocycles. The van der Waals surface area contributed by atoms with Gasteiger partial charge in [0.15, 0.2) is 0 Å². The first-order chi connectivity index (χ1) is 10.8. The van der Waals surface area contributed by atoms with E-state index in [-0.39, 0.29) is 0 Å². The monoisotopic (exact) mass is 302 g/mol. The molecule has 0 atom stereocenters. The number of benzene rings is 3. The molecule has 3 aromatic rings. The van der Waals surface area contributed by atoms with Crippen LogP contribution in [0.1, 0.15) is 11.1 Å². The van der Waals surface area contributed by atoms with E-state index >= 15 is 0 Å². The minimum atomic E-state index is -0.463. The standard InChI is InChI=1S/C21H19P/c1-18-12-14-19(15-13-18)16-17-22(20-8-4-2-5-9-20)21-10-6-3-7-11-21/h2-17H,1H3/b17-16-. The summed E-state index contributed by atoms with van der Waals surface area (Å²) in [6, 6.07) is 30.2. The lowest BCUT2D eigenvalue weighted by atomic mass is 10.2. The Morgan fingerprint density at radius 3 is 1.64 bits per heavy atom. The lowest BCUT2D eigenvalue weighted by Gasteiger charge is -2.14. The highest BCUT2D eigenvalue weighted by Crippen LogP contribution is 2.35. The molecule has 0 amide bonds. The summed E-state index contributed by atoms with van der Waals surface area (Å²) in [7, 11) is -0.463. The van der Waals surface area contributed by atoms with Crippen molar-refractivity contribution in [1.29, 1.82) is 0 Å². The lowest BCUT2D eigenvalue weighted by molar-refractivity contribution is 1.46. The van der Waals surface area contributed by atoms with Crippen LogP contribution in [0.5, 0.6) is 0 Å². The van der Waals surface area contributed by atoms with Crippen LogP contribution in [-0.4, -0.2) is 0 Å². The van der Waals surface area contributed by atoms with Crippen LogP contribution in [0.25, 0.3) is 6.08 Å². The second-order valence-corrected chi connectivity index (χ2v) is 7.34. The van der Waals surface area contributed by atoms with Gasteiger partial charge in [0.05, 0.1) is 0 Å². The number of hydrogen-bond acceptors (Lipinski definition) is 0. The van der Waals surface area contributed by atoms with E-state index < -0.39 is 7.92 Å². The van der Waals surface area contributed by atoms with Crippen molar-refractivity contribution in [3.8, 4) is 0 Å². The van der Waals surface area contributed by atoms with E-state index in [0.717, 1.165) is 0 Å². The van der Waals surface area contributed by atoms with Crippen molar-refractivity contribution >= 4 is 24.6 Å². The van der Waals surface area contributed by atoms with Crippen LogP contribution in [0.2, 0.25) is 0 Å². The fraction of sp³-hybridized carbons (Fsp3) is 0.0476. The molecule has 0 fully saturated rings. The van der Waals surface area contributed by atoms with E-state index in [9.17, 15) is 0 Å². The number of aryl methyl sites for hydroxylation is 1. The topological polar surface area (TPSA) is 0 Å². The van der Waals surface area contributed by atoms with Crippen LogP contribution >= 0.6 is 7.92 Å². The molecule has 3 aromatic carbocycles. The summed E-state index contributed by atoms with van der Waals surface area (Å²) in [4.78, 5) is 0. The molecule has 3 rings (SSSR count). The van der Waals surface area contributed by atoms with Gasteiger partial charge in [-0.05, 0) is 31.0 Å². The normalized spacial score (nSPS) is 11.2. The Balaban J connectivity index is 1.94. The Morgan fingerprint density at radius 1 is 0.636 bits per heavy atom. The van der Waals surface area contributed by atoms with E-state index in [0.29, 0.717) is 0 Å². The third-order valence-corrected chi connectivity index (χ3v) is 5.72. The molecule has 0 nitrogen and oxygen atoms in total. The molecule has 0 aliphatic carbocycles. The average Bonchev–Trinajstić information content (AvgIpc) is 2.59. The van der Waals surface area contributed by atoms with Crippen molar-refractivity contribution in [1.82, 2.24) is 0 Å². The second-order valence-electron chi connectivity index (χ2n) is 5.27. The largest absolute Gasteiger partial charge is 0.0622 e. The number of hydrogen-bond donors (Lipinski definition) is 0. The van der Waals surface area contributed by atoms with E-state index in [4.69, 9.17) is 0 Å². The molecule has 0 aliphatic heterocycles. The van der Waals surface area contributed by atoms with Crippen LogP contribution < -0.4 is 10.6 Å². The SMILES string of the molecule is Cc1ccc(/C=C\P(c2ccccc2)c2ccccc2)cc1. The van der Waals surface area contributed by atoms with Gasteiger partial charge in [0.2, 0.25) is 0 Å². The third kappa shape index (κ3) is 3.72. The summed E-state index contributed by atoms with van der Waals surface area (Å²) < 4.78 is 0. The van der Waals surface area contributed by atoms with Crippen molar-refractivity contribution in [2.75, 3.05) is 0 Å². The first-order valence-corrected chi connectivity index (χ1v) is 8.88. The zero-order valence-electron chi connectivity index (χ0n) is 12.7. The summed E-state index contributed by atoms with van der Waals surface area (Å²) in [6.45, 7) is 2.12. The summed E-state index contributed by atoms with van der Waals surface area (Å²) >= 11 is 0. The number of rotatable bonds is 4. The van der Waals surface area contributed by atoms with Crippen molar-refractivity contribution in [3.05, 3.63) is 102 Å². The van der Waals surface area contributed by atoms with Crippen LogP contribution in [0.3, 0.4) is 0 Å². The van der Waals surface area contributed by atoms with Crippen molar-refractivity contribution in [3.63, 3.8) is 0 Å². The van der Waals surface area contributed by atoms with E-state index in [1.165, 1.54) is 21.7 Å². The molecule has 0 saturated heterocycles. The Labute approximate surface area is 133 Å². The smallest absolute Gasteiger partial charge is 0.0157 e. The maximum Gasteiger partial charge on any atom is -0.0157 e. The minimum absolute atomic E-state index is 0.463. The van der Waals surface area contributed by atoms with Gasteiger partial charge in [-0.25, -0.2) is 0 Å². The van der Waals surface area contributed by atoms with Gasteiger partial charge in [0.25, 0.3) is 0 Å². The molecular weight excluding hydrogens is 283 g/mol. The van der Waals surface area contributed by atoms with Gasteiger partial charge in [-0.2, -0.15) is 0 Å². The maximum absolute atomic E-state index is 2.35. The maximum atomic E-state index is 2.35. The molecule has 1 heteroatoms. The molecule has 108 valence electrons. The fourth-order valence-electron chi connectivity index (χ4n) is 2.34. The molecular formula is C21H19P. The molecule has 0 N–H and O–H groups in total.